The summed E-state index contributed by atoms with van der Waals surface area (Å²) >= 11 is 23.0. The molecule has 0 heterocycles. The highest BCUT2D eigenvalue weighted by atomic mass is 35.6. The molecule has 0 saturated carbocycles. The Morgan fingerprint density at radius 2 is 1.68 bits per heavy atom. The fourth-order valence-electron chi connectivity index (χ4n) is 2.22. The summed E-state index contributed by atoms with van der Waals surface area (Å²) < 4.78 is -1.92. The third-order valence-corrected chi connectivity index (χ3v) is 4.39. The number of rotatable bonds is 5. The first-order valence-electron chi connectivity index (χ1n) is 7.89. The summed E-state index contributed by atoms with van der Waals surface area (Å²) in [5, 5.41) is 19.0. The zero-order valence-electron chi connectivity index (χ0n) is 14.5. The van der Waals surface area contributed by atoms with Crippen LogP contribution in [0.1, 0.15) is 26.3 Å². The standard InChI is InChI=1S/C18H16Cl3N3O3S/c1-10-4-2-5-11(8-10)14(25)23-16(18(19,20)21)24-17(28)22-13-7-3-6-12(9-13)15(26)27/h2-9,16H,1H3,(H,23,25)(H,26,27)(H2,22,24,28)/p-1/t16-/m1/s1. The van der Waals surface area contributed by atoms with Crippen LogP contribution >= 0.6 is 47.0 Å². The van der Waals surface area contributed by atoms with Crippen molar-refractivity contribution in [2.45, 2.75) is 16.9 Å². The second-order valence-electron chi connectivity index (χ2n) is 5.78. The van der Waals surface area contributed by atoms with E-state index in [-0.39, 0.29) is 10.7 Å². The van der Waals surface area contributed by atoms with E-state index in [4.69, 9.17) is 47.0 Å². The molecule has 0 bridgehead atoms. The molecule has 0 aliphatic rings. The zero-order chi connectivity index (χ0) is 20.9. The topological polar surface area (TPSA) is 93.3 Å². The van der Waals surface area contributed by atoms with E-state index in [9.17, 15) is 14.7 Å². The number of nitrogens with one attached hydrogen (secondary N) is 3. The second-order valence-corrected chi connectivity index (χ2v) is 8.56. The molecule has 28 heavy (non-hydrogen) atoms. The van der Waals surface area contributed by atoms with E-state index in [1.54, 1.807) is 24.3 Å². The van der Waals surface area contributed by atoms with Crippen molar-refractivity contribution >= 4 is 69.7 Å². The first-order chi connectivity index (χ1) is 13.1. The van der Waals surface area contributed by atoms with Crippen molar-refractivity contribution in [3.8, 4) is 0 Å². The number of benzene rings is 2. The van der Waals surface area contributed by atoms with Crippen LogP contribution < -0.4 is 21.1 Å². The fourth-order valence-corrected chi connectivity index (χ4v) is 2.79. The van der Waals surface area contributed by atoms with Gasteiger partial charge in [-0.2, -0.15) is 0 Å². The van der Waals surface area contributed by atoms with Crippen LogP contribution in [-0.2, 0) is 0 Å². The number of aryl methyl sites for hydroxylation is 1. The van der Waals surface area contributed by atoms with Gasteiger partial charge < -0.3 is 25.9 Å². The maximum absolute atomic E-state index is 12.5. The van der Waals surface area contributed by atoms with Crippen molar-refractivity contribution in [3.05, 3.63) is 65.2 Å². The molecule has 2 rings (SSSR count). The van der Waals surface area contributed by atoms with Gasteiger partial charge in [-0.15, -0.1) is 0 Å². The number of anilines is 1. The lowest BCUT2D eigenvalue weighted by Crippen LogP contribution is -2.56. The Labute approximate surface area is 182 Å². The molecule has 2 aromatic carbocycles. The van der Waals surface area contributed by atoms with Gasteiger partial charge in [-0.1, -0.05) is 64.6 Å². The van der Waals surface area contributed by atoms with Crippen molar-refractivity contribution in [1.82, 2.24) is 10.6 Å². The molecule has 148 valence electrons. The minimum absolute atomic E-state index is 0.0105. The molecule has 0 spiro atoms. The fraction of sp³-hybridized carbons (Fsp3) is 0.167. The Hall–Kier alpha value is -2.06. The summed E-state index contributed by atoms with van der Waals surface area (Å²) in [7, 11) is 0. The van der Waals surface area contributed by atoms with Crippen molar-refractivity contribution < 1.29 is 14.7 Å². The van der Waals surface area contributed by atoms with Crippen molar-refractivity contribution in [2.24, 2.45) is 0 Å². The molecule has 1 amide bonds. The van der Waals surface area contributed by atoms with Gasteiger partial charge in [0.25, 0.3) is 5.91 Å². The Bertz CT molecular complexity index is 903. The molecule has 0 aliphatic carbocycles. The SMILES string of the molecule is Cc1cccc(C(=O)N[C@H](NC(=S)Nc2cccc(C(=O)[O-])c2)C(Cl)(Cl)Cl)c1. The largest absolute Gasteiger partial charge is 0.545 e. The highest BCUT2D eigenvalue weighted by molar-refractivity contribution is 7.80. The molecule has 6 nitrogen and oxygen atoms in total. The second kappa shape index (κ2) is 9.43. The summed E-state index contributed by atoms with van der Waals surface area (Å²) in [5.74, 6) is -1.79. The van der Waals surface area contributed by atoms with Crippen LogP contribution in [0.15, 0.2) is 48.5 Å². The van der Waals surface area contributed by atoms with E-state index in [0.29, 0.717) is 11.3 Å². The number of carboxylic acids is 1. The van der Waals surface area contributed by atoms with Gasteiger partial charge in [0.2, 0.25) is 3.79 Å². The number of amides is 1. The highest BCUT2D eigenvalue weighted by Gasteiger charge is 2.34. The smallest absolute Gasteiger partial charge is 0.252 e. The number of halogens is 3. The predicted molar refractivity (Wildman–Crippen MR) is 113 cm³/mol. The minimum Gasteiger partial charge on any atom is -0.545 e. The van der Waals surface area contributed by atoms with Gasteiger partial charge >= 0.3 is 0 Å². The molecule has 2 aromatic rings. The minimum atomic E-state index is -1.92. The van der Waals surface area contributed by atoms with Gasteiger partial charge in [0, 0.05) is 11.3 Å². The number of aromatic carboxylic acids is 1. The Kier molecular flexibility index (Phi) is 7.48. The van der Waals surface area contributed by atoms with Crippen molar-refractivity contribution in [2.75, 3.05) is 5.32 Å². The average molecular weight is 460 g/mol. The van der Waals surface area contributed by atoms with Gasteiger partial charge in [-0.05, 0) is 49.0 Å². The number of carbonyl (C=O) groups is 2. The summed E-state index contributed by atoms with van der Waals surface area (Å²) in [4.78, 5) is 23.4. The number of thiocarbonyl (C=S) groups is 1. The van der Waals surface area contributed by atoms with Crippen molar-refractivity contribution in [1.29, 1.82) is 0 Å². The molecule has 1 atom stereocenters. The molecule has 0 fully saturated rings. The Morgan fingerprint density at radius 3 is 2.29 bits per heavy atom. The van der Waals surface area contributed by atoms with Gasteiger partial charge in [-0.3, -0.25) is 4.79 Å². The third kappa shape index (κ3) is 6.53. The van der Waals surface area contributed by atoms with E-state index >= 15 is 0 Å². The van der Waals surface area contributed by atoms with Crippen LogP contribution in [-0.4, -0.2) is 26.9 Å². The average Bonchev–Trinajstić information content (AvgIpc) is 2.60. The molecule has 0 aromatic heterocycles. The lowest BCUT2D eigenvalue weighted by atomic mass is 10.1. The van der Waals surface area contributed by atoms with E-state index in [2.05, 4.69) is 16.0 Å². The molecular formula is C18H15Cl3N3O3S-. The zero-order valence-corrected chi connectivity index (χ0v) is 17.5. The summed E-state index contributed by atoms with van der Waals surface area (Å²) in [6.07, 6.45) is -1.16. The number of hydrogen-bond acceptors (Lipinski definition) is 4. The Balaban J connectivity index is 2.09. The summed E-state index contributed by atoms with van der Waals surface area (Å²) in [6.45, 7) is 1.85. The Morgan fingerprint density at radius 1 is 1.04 bits per heavy atom. The lowest BCUT2D eigenvalue weighted by Gasteiger charge is -2.28. The van der Waals surface area contributed by atoms with Crippen molar-refractivity contribution in [3.63, 3.8) is 0 Å². The lowest BCUT2D eigenvalue weighted by molar-refractivity contribution is -0.255. The predicted octanol–water partition coefficient (Wildman–Crippen LogP) is 2.77. The van der Waals surface area contributed by atoms with E-state index in [1.165, 1.54) is 18.2 Å². The quantitative estimate of drug-likeness (QED) is 0.362. The summed E-state index contributed by atoms with van der Waals surface area (Å²) in [6, 6.07) is 12.7. The molecule has 0 radical (unpaired) electrons. The van der Waals surface area contributed by atoms with Crippen LogP contribution in [0.5, 0.6) is 0 Å². The molecular weight excluding hydrogens is 445 g/mol. The maximum atomic E-state index is 12.5. The van der Waals surface area contributed by atoms with E-state index in [0.717, 1.165) is 5.56 Å². The van der Waals surface area contributed by atoms with Crippen LogP contribution in [0, 0.1) is 6.92 Å². The van der Waals surface area contributed by atoms with Gasteiger partial charge in [0.1, 0.15) is 6.17 Å². The molecule has 0 aliphatic heterocycles. The number of hydrogen-bond donors (Lipinski definition) is 3. The molecule has 0 unspecified atom stereocenters. The number of alkyl halides is 3. The molecule has 10 heteroatoms. The highest BCUT2D eigenvalue weighted by Crippen LogP contribution is 2.29. The molecule has 3 N–H and O–H groups in total. The normalized spacial score (nSPS) is 12.0. The molecule has 0 saturated heterocycles. The summed E-state index contributed by atoms with van der Waals surface area (Å²) in [5.41, 5.74) is 1.64. The van der Waals surface area contributed by atoms with Gasteiger partial charge in [0.15, 0.2) is 5.11 Å². The third-order valence-electron chi connectivity index (χ3n) is 3.51. The number of carbonyl (C=O) groups excluding carboxylic acids is 2. The monoisotopic (exact) mass is 458 g/mol. The van der Waals surface area contributed by atoms with Gasteiger partial charge in [-0.25, -0.2) is 0 Å². The first-order valence-corrected chi connectivity index (χ1v) is 9.43. The first kappa shape index (κ1) is 22.2. The maximum Gasteiger partial charge on any atom is 0.252 e. The number of carboxylic acid groups (broad SMARTS) is 1. The van der Waals surface area contributed by atoms with Crippen LogP contribution in [0.3, 0.4) is 0 Å². The van der Waals surface area contributed by atoms with E-state index < -0.39 is 21.8 Å². The van der Waals surface area contributed by atoms with Crippen LogP contribution in [0.25, 0.3) is 0 Å². The van der Waals surface area contributed by atoms with E-state index in [1.807, 2.05) is 13.0 Å². The van der Waals surface area contributed by atoms with Crippen LogP contribution in [0.4, 0.5) is 5.69 Å². The van der Waals surface area contributed by atoms with Gasteiger partial charge in [0.05, 0.1) is 5.97 Å². The van der Waals surface area contributed by atoms with Crippen LogP contribution in [0.2, 0.25) is 0 Å².